The van der Waals surface area contributed by atoms with E-state index >= 15 is 0 Å². The van der Waals surface area contributed by atoms with Gasteiger partial charge in [0.15, 0.2) is 23.0 Å². The van der Waals surface area contributed by atoms with Crippen molar-refractivity contribution in [2.75, 3.05) is 33.5 Å². The number of benzene rings is 1. The van der Waals surface area contributed by atoms with E-state index in [-0.39, 0.29) is 12.7 Å². The zero-order valence-electron chi connectivity index (χ0n) is 16.1. The van der Waals surface area contributed by atoms with Gasteiger partial charge in [0.1, 0.15) is 0 Å². The van der Waals surface area contributed by atoms with Crippen molar-refractivity contribution in [3.05, 3.63) is 30.0 Å². The highest BCUT2D eigenvalue weighted by atomic mass is 16.7. The molecule has 4 heterocycles. The molecular formula is C21H25N3O4. The first-order valence-corrected chi connectivity index (χ1v) is 10.1. The van der Waals surface area contributed by atoms with Crippen LogP contribution in [0.5, 0.6) is 11.5 Å². The Bertz CT molecular complexity index is 872. The molecule has 3 aliphatic heterocycles. The van der Waals surface area contributed by atoms with Crippen molar-refractivity contribution in [3.8, 4) is 22.8 Å². The van der Waals surface area contributed by atoms with Crippen LogP contribution in [0.2, 0.25) is 0 Å². The van der Waals surface area contributed by atoms with Crippen molar-refractivity contribution in [3.63, 3.8) is 0 Å². The highest BCUT2D eigenvalue weighted by molar-refractivity contribution is 5.93. The number of nitrogens with zero attached hydrogens (tertiary/aromatic N) is 3. The first kappa shape index (κ1) is 17.6. The minimum atomic E-state index is -0.0165. The van der Waals surface area contributed by atoms with Crippen molar-refractivity contribution in [1.29, 1.82) is 0 Å². The van der Waals surface area contributed by atoms with Crippen LogP contribution in [0.15, 0.2) is 28.8 Å². The van der Waals surface area contributed by atoms with Crippen LogP contribution in [0.3, 0.4) is 0 Å². The molecule has 2 fully saturated rings. The largest absolute Gasteiger partial charge is 0.454 e. The van der Waals surface area contributed by atoms with Crippen molar-refractivity contribution in [2.24, 2.45) is 5.92 Å². The van der Waals surface area contributed by atoms with Crippen LogP contribution in [-0.2, 0) is 0 Å². The summed E-state index contributed by atoms with van der Waals surface area (Å²) < 4.78 is 16.3. The summed E-state index contributed by atoms with van der Waals surface area (Å²) in [7, 11) is 2.17. The molecule has 3 aliphatic rings. The normalized spacial score (nSPS) is 22.8. The lowest BCUT2D eigenvalue weighted by Gasteiger charge is -2.36. The second-order valence-corrected chi connectivity index (χ2v) is 7.99. The first-order chi connectivity index (χ1) is 13.7. The predicted octanol–water partition coefficient (Wildman–Crippen LogP) is 3.02. The molecule has 148 valence electrons. The Morgan fingerprint density at radius 1 is 1.07 bits per heavy atom. The van der Waals surface area contributed by atoms with Gasteiger partial charge in [-0.1, -0.05) is 5.16 Å². The summed E-state index contributed by atoms with van der Waals surface area (Å²) in [6, 6.07) is 7.66. The van der Waals surface area contributed by atoms with E-state index in [1.54, 1.807) is 6.07 Å². The molecule has 0 N–H and O–H groups in total. The highest BCUT2D eigenvalue weighted by Crippen LogP contribution is 2.36. The molecule has 0 bridgehead atoms. The van der Waals surface area contributed by atoms with Crippen molar-refractivity contribution in [1.82, 2.24) is 15.0 Å². The molecule has 2 saturated heterocycles. The molecule has 1 aromatic carbocycles. The van der Waals surface area contributed by atoms with Crippen LogP contribution in [0.4, 0.5) is 0 Å². The SMILES string of the molecule is CN1CCC(C2CCCN2C(=O)c2cc(-c3ccc4c(c3)OCO4)on2)CC1. The van der Waals surface area contributed by atoms with Crippen LogP contribution in [0.1, 0.15) is 36.2 Å². The number of aromatic nitrogens is 1. The second-order valence-electron chi connectivity index (χ2n) is 7.99. The van der Waals surface area contributed by atoms with Gasteiger partial charge in [-0.15, -0.1) is 0 Å². The van der Waals surface area contributed by atoms with Crippen molar-refractivity contribution < 1.29 is 18.8 Å². The molecule has 1 amide bonds. The van der Waals surface area contributed by atoms with E-state index in [1.807, 2.05) is 23.1 Å². The summed E-state index contributed by atoms with van der Waals surface area (Å²) in [6.45, 7) is 3.26. The van der Waals surface area contributed by atoms with Gasteiger partial charge >= 0.3 is 0 Å². The summed E-state index contributed by atoms with van der Waals surface area (Å²) in [4.78, 5) is 17.5. The molecule has 7 nitrogen and oxygen atoms in total. The van der Waals surface area contributed by atoms with E-state index in [1.165, 1.54) is 0 Å². The Balaban J connectivity index is 1.33. The number of fused-ring (bicyclic) bond motifs is 1. The van der Waals surface area contributed by atoms with E-state index in [0.29, 0.717) is 29.2 Å². The zero-order valence-corrected chi connectivity index (χ0v) is 16.1. The van der Waals surface area contributed by atoms with Crippen LogP contribution in [-0.4, -0.2) is 60.4 Å². The van der Waals surface area contributed by atoms with Crippen LogP contribution in [0, 0.1) is 5.92 Å². The van der Waals surface area contributed by atoms with Gasteiger partial charge < -0.3 is 23.8 Å². The maximum Gasteiger partial charge on any atom is 0.276 e. The summed E-state index contributed by atoms with van der Waals surface area (Å²) in [5.41, 5.74) is 1.21. The number of amides is 1. The standard InChI is InChI=1S/C21H25N3O4/c1-23-9-6-14(7-10-23)17-3-2-8-24(17)21(25)16-12-19(28-22-16)15-4-5-18-20(11-15)27-13-26-18/h4-5,11-12,14,17H,2-3,6-10,13H2,1H3. The minimum Gasteiger partial charge on any atom is -0.454 e. The predicted molar refractivity (Wildman–Crippen MR) is 102 cm³/mol. The molecule has 28 heavy (non-hydrogen) atoms. The number of piperidine rings is 1. The summed E-state index contributed by atoms with van der Waals surface area (Å²) in [5.74, 6) is 2.54. The number of hydrogen-bond acceptors (Lipinski definition) is 6. The molecule has 0 spiro atoms. The van der Waals surface area contributed by atoms with Crippen LogP contribution < -0.4 is 9.47 Å². The second kappa shape index (κ2) is 7.13. The summed E-state index contributed by atoms with van der Waals surface area (Å²) in [6.07, 6.45) is 4.47. The monoisotopic (exact) mass is 383 g/mol. The van der Waals surface area contributed by atoms with E-state index in [9.17, 15) is 4.79 Å². The molecule has 5 rings (SSSR count). The van der Waals surface area contributed by atoms with Gasteiger partial charge in [-0.3, -0.25) is 4.79 Å². The number of hydrogen-bond donors (Lipinski definition) is 0. The molecular weight excluding hydrogens is 358 g/mol. The smallest absolute Gasteiger partial charge is 0.276 e. The molecule has 2 aromatic rings. The van der Waals surface area contributed by atoms with Gasteiger partial charge in [0, 0.05) is 24.2 Å². The van der Waals surface area contributed by atoms with Crippen LogP contribution in [0.25, 0.3) is 11.3 Å². The molecule has 0 aliphatic carbocycles. The average molecular weight is 383 g/mol. The Morgan fingerprint density at radius 3 is 2.75 bits per heavy atom. The Morgan fingerprint density at radius 2 is 1.89 bits per heavy atom. The lowest BCUT2D eigenvalue weighted by atomic mass is 9.88. The quantitative estimate of drug-likeness (QED) is 0.812. The molecule has 7 heteroatoms. The van der Waals surface area contributed by atoms with E-state index < -0.39 is 0 Å². The Hall–Kier alpha value is -2.54. The first-order valence-electron chi connectivity index (χ1n) is 10.1. The fraction of sp³-hybridized carbons (Fsp3) is 0.524. The van der Waals surface area contributed by atoms with Gasteiger partial charge in [-0.25, -0.2) is 0 Å². The number of likely N-dealkylation sites (tertiary alicyclic amines) is 2. The van der Waals surface area contributed by atoms with Gasteiger partial charge in [-0.2, -0.15) is 0 Å². The van der Waals surface area contributed by atoms with Gasteiger partial charge in [0.05, 0.1) is 0 Å². The topological polar surface area (TPSA) is 68.0 Å². The molecule has 0 radical (unpaired) electrons. The van der Waals surface area contributed by atoms with Crippen molar-refractivity contribution >= 4 is 5.91 Å². The number of rotatable bonds is 3. The fourth-order valence-corrected chi connectivity index (χ4v) is 4.66. The number of carbonyl (C=O) groups excluding carboxylic acids is 1. The van der Waals surface area contributed by atoms with Gasteiger partial charge in [-0.05, 0) is 69.9 Å². The lowest BCUT2D eigenvalue weighted by Crippen LogP contribution is -2.44. The highest BCUT2D eigenvalue weighted by Gasteiger charge is 2.37. The zero-order chi connectivity index (χ0) is 19.1. The fourth-order valence-electron chi connectivity index (χ4n) is 4.66. The maximum absolute atomic E-state index is 13.1. The van der Waals surface area contributed by atoms with E-state index in [2.05, 4.69) is 17.1 Å². The molecule has 0 saturated carbocycles. The molecule has 1 atom stereocenters. The average Bonchev–Trinajstić information content (AvgIpc) is 3.47. The molecule has 1 unspecified atom stereocenters. The van der Waals surface area contributed by atoms with Gasteiger partial charge in [0.25, 0.3) is 5.91 Å². The van der Waals surface area contributed by atoms with Crippen LogP contribution >= 0.6 is 0 Å². The molecule has 1 aromatic heterocycles. The number of carbonyl (C=O) groups is 1. The summed E-state index contributed by atoms with van der Waals surface area (Å²) >= 11 is 0. The third-order valence-corrected chi connectivity index (χ3v) is 6.25. The third-order valence-electron chi connectivity index (χ3n) is 6.25. The van der Waals surface area contributed by atoms with E-state index in [4.69, 9.17) is 14.0 Å². The van der Waals surface area contributed by atoms with Crippen molar-refractivity contribution in [2.45, 2.75) is 31.7 Å². The lowest BCUT2D eigenvalue weighted by molar-refractivity contribution is 0.0623. The minimum absolute atomic E-state index is 0.0165. The third kappa shape index (κ3) is 3.13. The van der Waals surface area contributed by atoms with E-state index in [0.717, 1.165) is 56.6 Å². The number of ether oxygens (including phenoxy) is 2. The Kier molecular flexibility index (Phi) is 4.47. The summed E-state index contributed by atoms with van der Waals surface area (Å²) in [5, 5.41) is 4.08. The maximum atomic E-state index is 13.1. The van der Waals surface area contributed by atoms with Gasteiger partial charge in [0.2, 0.25) is 6.79 Å². The Labute approximate surface area is 164 Å².